The van der Waals surface area contributed by atoms with Crippen LogP contribution in [0.5, 0.6) is 5.75 Å². The van der Waals surface area contributed by atoms with Crippen LogP contribution in [0.3, 0.4) is 0 Å². The average Bonchev–Trinajstić information content (AvgIpc) is 3.00. The van der Waals surface area contributed by atoms with E-state index in [1.165, 1.54) is 13.2 Å². The van der Waals surface area contributed by atoms with Gasteiger partial charge in [-0.05, 0) is 44.4 Å². The van der Waals surface area contributed by atoms with Gasteiger partial charge >= 0.3 is 0 Å². The van der Waals surface area contributed by atoms with Crippen LogP contribution in [0, 0.1) is 5.82 Å². The number of nitrogens with one attached hydrogen (secondary N) is 2. The van der Waals surface area contributed by atoms with Crippen LogP contribution in [0.15, 0.2) is 23.2 Å². The summed E-state index contributed by atoms with van der Waals surface area (Å²) in [5.41, 5.74) is 0.121. The highest BCUT2D eigenvalue weighted by Gasteiger charge is 2.30. The van der Waals surface area contributed by atoms with Crippen LogP contribution in [-0.2, 0) is 0 Å². The van der Waals surface area contributed by atoms with Gasteiger partial charge < -0.3 is 20.5 Å². The molecule has 1 aliphatic rings. The molecule has 1 aromatic rings. The molecule has 1 saturated carbocycles. The number of rotatable bonds is 6. The molecule has 1 atom stereocenters. The largest absolute Gasteiger partial charge is 0.494 e. The Morgan fingerprint density at radius 2 is 2.12 bits per heavy atom. The zero-order chi connectivity index (χ0) is 17.6. The Morgan fingerprint density at radius 1 is 1.42 bits per heavy atom. The van der Waals surface area contributed by atoms with E-state index in [0.717, 1.165) is 31.2 Å². The van der Waals surface area contributed by atoms with Crippen molar-refractivity contribution in [1.82, 2.24) is 10.6 Å². The fourth-order valence-corrected chi connectivity index (χ4v) is 2.98. The van der Waals surface area contributed by atoms with E-state index in [2.05, 4.69) is 15.6 Å². The molecule has 3 N–H and O–H groups in total. The lowest BCUT2D eigenvalue weighted by Crippen LogP contribution is -2.40. The second kappa shape index (κ2) is 8.33. The van der Waals surface area contributed by atoms with Crippen LogP contribution in [0.4, 0.5) is 4.39 Å². The molecule has 0 heterocycles. The van der Waals surface area contributed by atoms with Gasteiger partial charge in [0, 0.05) is 6.54 Å². The number of benzene rings is 1. The molecule has 0 bridgehead atoms. The summed E-state index contributed by atoms with van der Waals surface area (Å²) in [6.45, 7) is 5.03. The fourth-order valence-electron chi connectivity index (χ4n) is 2.98. The highest BCUT2D eigenvalue weighted by molar-refractivity contribution is 5.80. The first kappa shape index (κ1) is 18.5. The third-order valence-corrected chi connectivity index (χ3v) is 4.44. The van der Waals surface area contributed by atoms with Gasteiger partial charge in [-0.2, -0.15) is 0 Å². The zero-order valence-corrected chi connectivity index (χ0v) is 14.7. The Kier molecular flexibility index (Phi) is 6.43. The number of nitrogens with zero attached hydrogens (tertiary/aromatic N) is 1. The summed E-state index contributed by atoms with van der Waals surface area (Å²) < 4.78 is 18.8. The van der Waals surface area contributed by atoms with Crippen LogP contribution in [0.2, 0.25) is 0 Å². The van der Waals surface area contributed by atoms with Gasteiger partial charge in [0.15, 0.2) is 17.5 Å². The van der Waals surface area contributed by atoms with Gasteiger partial charge in [-0.25, -0.2) is 4.39 Å². The molecule has 2 rings (SSSR count). The van der Waals surface area contributed by atoms with Gasteiger partial charge in [0.2, 0.25) is 0 Å². The normalized spacial score (nSPS) is 18.3. The topological polar surface area (TPSA) is 65.9 Å². The molecule has 0 aliphatic heterocycles. The van der Waals surface area contributed by atoms with Crippen molar-refractivity contribution in [3.05, 3.63) is 29.6 Å². The summed E-state index contributed by atoms with van der Waals surface area (Å²) in [5.74, 6) is 0.474. The van der Waals surface area contributed by atoms with Crippen LogP contribution in [-0.4, -0.2) is 36.9 Å². The predicted octanol–water partition coefficient (Wildman–Crippen LogP) is 2.76. The van der Waals surface area contributed by atoms with E-state index in [9.17, 15) is 9.50 Å². The molecule has 0 radical (unpaired) electrons. The third-order valence-electron chi connectivity index (χ3n) is 4.44. The Hall–Kier alpha value is -1.82. The van der Waals surface area contributed by atoms with Crippen molar-refractivity contribution < 1.29 is 14.2 Å². The fraction of sp³-hybridized carbons (Fsp3) is 0.611. The minimum absolute atomic E-state index is 0.124. The first-order valence-electron chi connectivity index (χ1n) is 8.58. The summed E-state index contributed by atoms with van der Waals surface area (Å²) in [6, 6.07) is 4.79. The van der Waals surface area contributed by atoms with Crippen LogP contribution in [0.25, 0.3) is 0 Å². The number of methoxy groups -OCH3 is 1. The molecule has 6 heteroatoms. The highest BCUT2D eigenvalue weighted by Crippen LogP contribution is 2.29. The molecule has 0 aromatic heterocycles. The van der Waals surface area contributed by atoms with E-state index in [1.807, 2.05) is 19.9 Å². The molecule has 1 fully saturated rings. The van der Waals surface area contributed by atoms with Gasteiger partial charge in [-0.1, -0.05) is 18.9 Å². The molecule has 0 amide bonds. The van der Waals surface area contributed by atoms with Crippen molar-refractivity contribution >= 4 is 5.96 Å². The summed E-state index contributed by atoms with van der Waals surface area (Å²) in [4.78, 5) is 4.51. The molecule has 0 saturated heterocycles. The van der Waals surface area contributed by atoms with Crippen molar-refractivity contribution in [3.8, 4) is 5.75 Å². The van der Waals surface area contributed by atoms with Gasteiger partial charge in [-0.15, -0.1) is 0 Å². The Labute approximate surface area is 143 Å². The number of ether oxygens (including phenoxy) is 1. The van der Waals surface area contributed by atoms with E-state index in [1.54, 1.807) is 6.07 Å². The lowest BCUT2D eigenvalue weighted by molar-refractivity contribution is 0.0574. The quantitative estimate of drug-likeness (QED) is 0.552. The summed E-state index contributed by atoms with van der Waals surface area (Å²) in [5, 5.41) is 16.9. The van der Waals surface area contributed by atoms with Crippen molar-refractivity contribution in [1.29, 1.82) is 0 Å². The van der Waals surface area contributed by atoms with Gasteiger partial charge in [0.25, 0.3) is 0 Å². The van der Waals surface area contributed by atoms with Crippen LogP contribution < -0.4 is 15.4 Å². The van der Waals surface area contributed by atoms with Crippen molar-refractivity contribution in [2.24, 2.45) is 4.99 Å². The maximum atomic E-state index is 13.9. The standard InChI is InChI=1S/C18H28FN3O2/c1-4-20-17(21-12-18(23)9-5-6-10-18)22-13(2)14-7-8-16(24-3)15(19)11-14/h7-8,11,13,23H,4-6,9-10,12H2,1-3H3,(H2,20,21,22). The summed E-state index contributed by atoms with van der Waals surface area (Å²) in [7, 11) is 1.45. The number of hydrogen-bond acceptors (Lipinski definition) is 3. The molecule has 24 heavy (non-hydrogen) atoms. The van der Waals surface area contributed by atoms with Crippen LogP contribution >= 0.6 is 0 Å². The maximum Gasteiger partial charge on any atom is 0.191 e. The average molecular weight is 337 g/mol. The van der Waals surface area contributed by atoms with Gasteiger partial charge in [-0.3, -0.25) is 4.99 Å². The molecular weight excluding hydrogens is 309 g/mol. The second-order valence-corrected chi connectivity index (χ2v) is 6.39. The monoisotopic (exact) mass is 337 g/mol. The minimum Gasteiger partial charge on any atom is -0.494 e. The van der Waals surface area contributed by atoms with E-state index in [-0.39, 0.29) is 17.6 Å². The number of aliphatic imine (C=N–C) groups is 1. The smallest absolute Gasteiger partial charge is 0.191 e. The number of hydrogen-bond donors (Lipinski definition) is 3. The Balaban J connectivity index is 2.04. The molecule has 1 aliphatic carbocycles. The van der Waals surface area contributed by atoms with Crippen molar-refractivity contribution in [3.63, 3.8) is 0 Å². The first-order valence-corrected chi connectivity index (χ1v) is 8.58. The van der Waals surface area contributed by atoms with Gasteiger partial charge in [0.05, 0.1) is 25.3 Å². The number of guanidine groups is 1. The lowest BCUT2D eigenvalue weighted by atomic mass is 10.0. The lowest BCUT2D eigenvalue weighted by Gasteiger charge is -2.22. The first-order chi connectivity index (χ1) is 11.5. The number of halogens is 1. The highest BCUT2D eigenvalue weighted by atomic mass is 19.1. The Bertz CT molecular complexity index is 571. The van der Waals surface area contributed by atoms with Crippen molar-refractivity contribution in [2.75, 3.05) is 20.2 Å². The molecule has 0 spiro atoms. The van der Waals surface area contributed by atoms with E-state index < -0.39 is 5.60 Å². The van der Waals surface area contributed by atoms with Crippen LogP contribution in [0.1, 0.15) is 51.1 Å². The molecule has 1 aromatic carbocycles. The molecular formula is C18H28FN3O2. The minimum atomic E-state index is -0.683. The maximum absolute atomic E-state index is 13.9. The number of aliphatic hydroxyl groups is 1. The Morgan fingerprint density at radius 3 is 2.71 bits per heavy atom. The SMILES string of the molecule is CCNC(=NCC1(O)CCCC1)NC(C)c1ccc(OC)c(F)c1. The summed E-state index contributed by atoms with van der Waals surface area (Å²) in [6.07, 6.45) is 3.71. The second-order valence-electron chi connectivity index (χ2n) is 6.39. The third kappa shape index (κ3) is 4.84. The zero-order valence-electron chi connectivity index (χ0n) is 14.7. The van der Waals surface area contributed by atoms with E-state index >= 15 is 0 Å². The molecule has 5 nitrogen and oxygen atoms in total. The van der Waals surface area contributed by atoms with Crippen molar-refractivity contribution in [2.45, 2.75) is 51.2 Å². The predicted molar refractivity (Wildman–Crippen MR) is 93.9 cm³/mol. The molecule has 1 unspecified atom stereocenters. The van der Waals surface area contributed by atoms with Gasteiger partial charge in [0.1, 0.15) is 0 Å². The molecule has 134 valence electrons. The van der Waals surface area contributed by atoms with E-state index in [4.69, 9.17) is 4.74 Å². The summed E-state index contributed by atoms with van der Waals surface area (Å²) >= 11 is 0. The van der Waals surface area contributed by atoms with E-state index in [0.29, 0.717) is 19.0 Å².